The van der Waals surface area contributed by atoms with Crippen LogP contribution in [0.2, 0.25) is 0 Å². The predicted molar refractivity (Wildman–Crippen MR) is 49.7 cm³/mol. The number of aromatic nitrogens is 2. The molecule has 0 spiro atoms. The van der Waals surface area contributed by atoms with Crippen molar-refractivity contribution in [2.24, 2.45) is 0 Å². The van der Waals surface area contributed by atoms with Gasteiger partial charge in [-0.05, 0) is 13.6 Å². The van der Waals surface area contributed by atoms with E-state index >= 15 is 0 Å². The number of rotatable bonds is 3. The van der Waals surface area contributed by atoms with E-state index in [0.29, 0.717) is 12.2 Å². The summed E-state index contributed by atoms with van der Waals surface area (Å²) >= 11 is 0. The van der Waals surface area contributed by atoms with Crippen LogP contribution in [-0.2, 0) is 6.54 Å². The van der Waals surface area contributed by atoms with E-state index < -0.39 is 5.69 Å². The van der Waals surface area contributed by atoms with Crippen LogP contribution in [0.1, 0.15) is 12.6 Å². The van der Waals surface area contributed by atoms with Crippen LogP contribution < -0.4 is 11.2 Å². The van der Waals surface area contributed by atoms with E-state index in [2.05, 4.69) is 9.97 Å². The number of H-pyrrole nitrogens is 2. The zero-order valence-corrected chi connectivity index (χ0v) is 7.76. The summed E-state index contributed by atoms with van der Waals surface area (Å²) in [6.07, 6.45) is 0. The van der Waals surface area contributed by atoms with Gasteiger partial charge in [0, 0.05) is 18.3 Å². The Morgan fingerprint density at radius 2 is 2.08 bits per heavy atom. The summed E-state index contributed by atoms with van der Waals surface area (Å²) in [7, 11) is 1.92. The summed E-state index contributed by atoms with van der Waals surface area (Å²) in [5.74, 6) is 0. The van der Waals surface area contributed by atoms with Gasteiger partial charge in [0.05, 0.1) is 0 Å². The van der Waals surface area contributed by atoms with Crippen LogP contribution in [-0.4, -0.2) is 28.5 Å². The molecule has 1 rings (SSSR count). The minimum Gasteiger partial charge on any atom is -0.310 e. The van der Waals surface area contributed by atoms with Gasteiger partial charge in [0.25, 0.3) is 5.56 Å². The zero-order valence-electron chi connectivity index (χ0n) is 7.76. The van der Waals surface area contributed by atoms with Crippen molar-refractivity contribution in [3.05, 3.63) is 32.6 Å². The van der Waals surface area contributed by atoms with Gasteiger partial charge in [-0.3, -0.25) is 9.78 Å². The highest BCUT2D eigenvalue weighted by molar-refractivity contribution is 4.97. The molecule has 1 aromatic rings. The van der Waals surface area contributed by atoms with Crippen LogP contribution >= 0.6 is 0 Å². The van der Waals surface area contributed by atoms with Crippen molar-refractivity contribution in [2.75, 3.05) is 13.6 Å². The minimum absolute atomic E-state index is 0.358. The molecule has 0 unspecified atom stereocenters. The van der Waals surface area contributed by atoms with Crippen LogP contribution in [0.3, 0.4) is 0 Å². The summed E-state index contributed by atoms with van der Waals surface area (Å²) in [5.41, 5.74) is -0.173. The lowest BCUT2D eigenvalue weighted by Crippen LogP contribution is -2.26. The molecular formula is C8H13N3O2. The first-order valence-corrected chi connectivity index (χ1v) is 4.13. The molecular weight excluding hydrogens is 170 g/mol. The van der Waals surface area contributed by atoms with Crippen molar-refractivity contribution in [3.8, 4) is 0 Å². The topological polar surface area (TPSA) is 69.0 Å². The highest BCUT2D eigenvalue weighted by Gasteiger charge is 1.99. The molecule has 0 aliphatic heterocycles. The molecule has 5 heteroatoms. The second-order valence-electron chi connectivity index (χ2n) is 2.94. The maximum atomic E-state index is 10.9. The van der Waals surface area contributed by atoms with E-state index in [-0.39, 0.29) is 5.56 Å². The Morgan fingerprint density at radius 3 is 2.62 bits per heavy atom. The third-order valence-electron chi connectivity index (χ3n) is 1.80. The van der Waals surface area contributed by atoms with Crippen molar-refractivity contribution in [3.63, 3.8) is 0 Å². The monoisotopic (exact) mass is 183 g/mol. The molecule has 0 aromatic carbocycles. The summed E-state index contributed by atoms with van der Waals surface area (Å²) in [6.45, 7) is 3.45. The molecule has 5 nitrogen and oxygen atoms in total. The fraction of sp³-hybridized carbons (Fsp3) is 0.500. The SMILES string of the molecule is CCN(C)Cc1cc(=O)[nH]c(=O)[nH]1. The molecule has 0 amide bonds. The quantitative estimate of drug-likeness (QED) is 0.664. The molecule has 13 heavy (non-hydrogen) atoms. The fourth-order valence-corrected chi connectivity index (χ4v) is 1.01. The molecule has 0 saturated heterocycles. The molecule has 1 aromatic heterocycles. The first-order chi connectivity index (χ1) is 6.11. The van der Waals surface area contributed by atoms with Gasteiger partial charge in [-0.2, -0.15) is 0 Å². The third kappa shape index (κ3) is 2.87. The Kier molecular flexibility index (Phi) is 3.02. The number of nitrogens with zero attached hydrogens (tertiary/aromatic N) is 1. The summed E-state index contributed by atoms with van der Waals surface area (Å²) in [4.78, 5) is 28.4. The minimum atomic E-state index is -0.452. The van der Waals surface area contributed by atoms with Gasteiger partial charge < -0.3 is 9.88 Å². The van der Waals surface area contributed by atoms with Crippen molar-refractivity contribution >= 4 is 0 Å². The highest BCUT2D eigenvalue weighted by atomic mass is 16.2. The molecule has 2 N–H and O–H groups in total. The lowest BCUT2D eigenvalue weighted by Gasteiger charge is -2.12. The van der Waals surface area contributed by atoms with Gasteiger partial charge in [-0.1, -0.05) is 6.92 Å². The maximum absolute atomic E-state index is 10.9. The third-order valence-corrected chi connectivity index (χ3v) is 1.80. The largest absolute Gasteiger partial charge is 0.325 e. The van der Waals surface area contributed by atoms with E-state index in [9.17, 15) is 9.59 Å². The van der Waals surface area contributed by atoms with Crippen LogP contribution in [0.25, 0.3) is 0 Å². The molecule has 0 aliphatic carbocycles. The normalized spacial score (nSPS) is 10.7. The Morgan fingerprint density at radius 1 is 1.38 bits per heavy atom. The van der Waals surface area contributed by atoms with Crippen LogP contribution in [0, 0.1) is 0 Å². The van der Waals surface area contributed by atoms with Crippen molar-refractivity contribution < 1.29 is 0 Å². The van der Waals surface area contributed by atoms with Crippen molar-refractivity contribution in [1.82, 2.24) is 14.9 Å². The predicted octanol–water partition coefficient (Wildman–Crippen LogP) is -0.485. The summed E-state index contributed by atoms with van der Waals surface area (Å²) in [5, 5.41) is 0. The first-order valence-electron chi connectivity index (χ1n) is 4.13. The van der Waals surface area contributed by atoms with Crippen LogP contribution in [0.4, 0.5) is 0 Å². The lowest BCUT2D eigenvalue weighted by molar-refractivity contribution is 0.340. The number of nitrogens with one attached hydrogen (secondary N) is 2. The van der Waals surface area contributed by atoms with Gasteiger partial charge in [0.2, 0.25) is 0 Å². The van der Waals surface area contributed by atoms with Gasteiger partial charge in [-0.15, -0.1) is 0 Å². The molecule has 0 saturated carbocycles. The lowest BCUT2D eigenvalue weighted by atomic mass is 10.4. The Labute approximate surface area is 75.4 Å². The maximum Gasteiger partial charge on any atom is 0.325 e. The van der Waals surface area contributed by atoms with E-state index in [1.54, 1.807) is 0 Å². The van der Waals surface area contributed by atoms with Gasteiger partial charge in [0.15, 0.2) is 0 Å². The van der Waals surface area contributed by atoms with Crippen molar-refractivity contribution in [2.45, 2.75) is 13.5 Å². The van der Waals surface area contributed by atoms with Gasteiger partial charge in [0.1, 0.15) is 0 Å². The number of aromatic amines is 2. The van der Waals surface area contributed by atoms with E-state index in [1.165, 1.54) is 6.07 Å². The molecule has 1 heterocycles. The number of hydrogen-bond acceptors (Lipinski definition) is 3. The highest BCUT2D eigenvalue weighted by Crippen LogP contribution is 1.92. The smallest absolute Gasteiger partial charge is 0.310 e. The molecule has 0 aliphatic rings. The Bertz CT molecular complexity index is 351. The molecule has 72 valence electrons. The Hall–Kier alpha value is -1.36. The van der Waals surface area contributed by atoms with Gasteiger partial charge >= 0.3 is 5.69 Å². The average molecular weight is 183 g/mol. The van der Waals surface area contributed by atoms with E-state index in [0.717, 1.165) is 6.54 Å². The van der Waals surface area contributed by atoms with Gasteiger partial charge in [-0.25, -0.2) is 4.79 Å². The fourth-order valence-electron chi connectivity index (χ4n) is 1.01. The standard InChI is InChI=1S/C8H13N3O2/c1-3-11(2)5-6-4-7(12)10-8(13)9-6/h4H,3,5H2,1-2H3,(H2,9,10,12,13). The molecule has 0 radical (unpaired) electrons. The summed E-state index contributed by atoms with van der Waals surface area (Å²) < 4.78 is 0. The second kappa shape index (κ2) is 4.04. The molecule has 0 bridgehead atoms. The van der Waals surface area contributed by atoms with Crippen LogP contribution in [0.5, 0.6) is 0 Å². The second-order valence-corrected chi connectivity index (χ2v) is 2.94. The summed E-state index contributed by atoms with van der Waals surface area (Å²) in [6, 6.07) is 1.40. The van der Waals surface area contributed by atoms with E-state index in [4.69, 9.17) is 0 Å². The van der Waals surface area contributed by atoms with E-state index in [1.807, 2.05) is 18.9 Å². The van der Waals surface area contributed by atoms with Crippen LogP contribution in [0.15, 0.2) is 15.7 Å². The molecule has 0 atom stereocenters. The van der Waals surface area contributed by atoms with Crippen molar-refractivity contribution in [1.29, 1.82) is 0 Å². The first kappa shape index (κ1) is 9.73. The molecule has 0 fully saturated rings. The Balaban J connectivity index is 2.90. The zero-order chi connectivity index (χ0) is 9.84. The number of hydrogen-bond donors (Lipinski definition) is 2. The average Bonchev–Trinajstić information content (AvgIpc) is 2.02.